The van der Waals surface area contributed by atoms with Gasteiger partial charge in [0.15, 0.2) is 0 Å². The summed E-state index contributed by atoms with van der Waals surface area (Å²) in [7, 11) is 0. The minimum Gasteiger partial charge on any atom is -0.391 e. The average Bonchev–Trinajstić information content (AvgIpc) is 2.32. The number of likely N-dealkylation sites (tertiary alicyclic amines) is 1. The predicted octanol–water partition coefficient (Wildman–Crippen LogP) is 2.03. The quantitative estimate of drug-likeness (QED) is 0.789. The molecular weight excluding hydrogens is 336 g/mol. The van der Waals surface area contributed by atoms with E-state index in [1.165, 1.54) is 6.07 Å². The molecule has 1 aromatic carbocycles. The molecule has 0 unspecified atom stereocenters. The Morgan fingerprint density at radius 2 is 2.29 bits per heavy atom. The number of β-amino-alcohol motifs (C(OH)–C–C–N with tert-alkyl or cyclic N) is 1. The third-order valence-corrected chi connectivity index (χ3v) is 3.73. The van der Waals surface area contributed by atoms with Crippen molar-refractivity contribution in [3.8, 4) is 0 Å². The van der Waals surface area contributed by atoms with Gasteiger partial charge in [-0.25, -0.2) is 4.39 Å². The molecular formula is C12H13FINO2. The molecule has 1 N–H and O–H groups in total. The third-order valence-electron chi connectivity index (χ3n) is 2.85. The van der Waals surface area contributed by atoms with Crippen molar-refractivity contribution in [3.63, 3.8) is 0 Å². The highest BCUT2D eigenvalue weighted by Gasteiger charge is 2.23. The topological polar surface area (TPSA) is 40.5 Å². The number of aliphatic hydroxyl groups excluding tert-OH is 1. The average molecular weight is 349 g/mol. The summed E-state index contributed by atoms with van der Waals surface area (Å²) in [4.78, 5) is 13.6. The Kier molecular flexibility index (Phi) is 3.98. The number of benzene rings is 1. The Morgan fingerprint density at radius 1 is 1.53 bits per heavy atom. The van der Waals surface area contributed by atoms with Gasteiger partial charge in [-0.15, -0.1) is 0 Å². The first-order valence-corrected chi connectivity index (χ1v) is 6.58. The maximum Gasteiger partial charge on any atom is 0.254 e. The fourth-order valence-electron chi connectivity index (χ4n) is 1.95. The van der Waals surface area contributed by atoms with Crippen molar-refractivity contribution in [1.82, 2.24) is 4.90 Å². The maximum atomic E-state index is 13.4. The molecule has 1 fully saturated rings. The molecule has 0 bridgehead atoms. The molecule has 2 rings (SSSR count). The van der Waals surface area contributed by atoms with Crippen LogP contribution in [0.15, 0.2) is 18.2 Å². The maximum absolute atomic E-state index is 13.4. The van der Waals surface area contributed by atoms with Crippen LogP contribution in [0.4, 0.5) is 4.39 Å². The number of aliphatic hydroxyl groups is 1. The van der Waals surface area contributed by atoms with Gasteiger partial charge in [0.2, 0.25) is 0 Å². The van der Waals surface area contributed by atoms with Crippen LogP contribution in [0.2, 0.25) is 0 Å². The van der Waals surface area contributed by atoms with Crippen molar-refractivity contribution in [2.75, 3.05) is 13.1 Å². The molecule has 0 aliphatic carbocycles. The number of piperidine rings is 1. The SMILES string of the molecule is O=C(c1ccc(I)c(F)c1)N1CCC[C@H](O)C1. The van der Waals surface area contributed by atoms with Crippen molar-refractivity contribution in [1.29, 1.82) is 0 Å². The zero-order valence-electron chi connectivity index (χ0n) is 9.20. The number of amides is 1. The van der Waals surface area contributed by atoms with Gasteiger partial charge in [-0.2, -0.15) is 0 Å². The monoisotopic (exact) mass is 349 g/mol. The lowest BCUT2D eigenvalue weighted by molar-refractivity contribution is 0.0473. The Labute approximate surface area is 113 Å². The molecule has 1 aliphatic rings. The van der Waals surface area contributed by atoms with Crippen LogP contribution in [0, 0.1) is 9.39 Å². The van der Waals surface area contributed by atoms with Crippen molar-refractivity contribution in [3.05, 3.63) is 33.1 Å². The van der Waals surface area contributed by atoms with Crippen LogP contribution in [-0.4, -0.2) is 35.1 Å². The lowest BCUT2D eigenvalue weighted by Crippen LogP contribution is -2.42. The number of carbonyl (C=O) groups is 1. The zero-order valence-corrected chi connectivity index (χ0v) is 11.4. The van der Waals surface area contributed by atoms with E-state index in [9.17, 15) is 14.3 Å². The zero-order chi connectivity index (χ0) is 12.4. The molecule has 92 valence electrons. The molecule has 1 amide bonds. The first-order chi connectivity index (χ1) is 8.08. The van der Waals surface area contributed by atoms with Gasteiger partial charge >= 0.3 is 0 Å². The molecule has 0 radical (unpaired) electrons. The molecule has 1 atom stereocenters. The highest BCUT2D eigenvalue weighted by molar-refractivity contribution is 14.1. The molecule has 0 aromatic heterocycles. The largest absolute Gasteiger partial charge is 0.391 e. The van der Waals surface area contributed by atoms with Crippen LogP contribution in [0.3, 0.4) is 0 Å². The van der Waals surface area contributed by atoms with Gasteiger partial charge < -0.3 is 10.0 Å². The van der Waals surface area contributed by atoms with E-state index in [4.69, 9.17) is 0 Å². The number of rotatable bonds is 1. The number of hydrogen-bond donors (Lipinski definition) is 1. The van der Waals surface area contributed by atoms with Crippen molar-refractivity contribution < 1.29 is 14.3 Å². The molecule has 1 heterocycles. The molecule has 1 aromatic rings. The summed E-state index contributed by atoms with van der Waals surface area (Å²) >= 11 is 1.88. The van der Waals surface area contributed by atoms with Crippen LogP contribution in [0.25, 0.3) is 0 Å². The van der Waals surface area contributed by atoms with Gasteiger partial charge in [0.25, 0.3) is 5.91 Å². The highest BCUT2D eigenvalue weighted by atomic mass is 127. The van der Waals surface area contributed by atoms with E-state index in [2.05, 4.69) is 0 Å². The van der Waals surface area contributed by atoms with Crippen molar-refractivity contribution >= 4 is 28.5 Å². The summed E-state index contributed by atoms with van der Waals surface area (Å²) in [6.45, 7) is 0.968. The number of carbonyl (C=O) groups excluding carboxylic acids is 1. The second-order valence-corrected chi connectivity index (χ2v) is 5.34. The van der Waals surface area contributed by atoms with Gasteiger partial charge in [-0.1, -0.05) is 0 Å². The van der Waals surface area contributed by atoms with Crippen molar-refractivity contribution in [2.45, 2.75) is 18.9 Å². The van der Waals surface area contributed by atoms with E-state index < -0.39 is 6.10 Å². The summed E-state index contributed by atoms with van der Waals surface area (Å²) in [5.41, 5.74) is 0.344. The van der Waals surface area contributed by atoms with Gasteiger partial charge in [0.1, 0.15) is 5.82 Å². The number of halogens is 2. The molecule has 17 heavy (non-hydrogen) atoms. The lowest BCUT2D eigenvalue weighted by atomic mass is 10.1. The minimum absolute atomic E-state index is 0.209. The Bertz CT molecular complexity index is 439. The summed E-state index contributed by atoms with van der Waals surface area (Å²) < 4.78 is 13.9. The molecule has 0 saturated carbocycles. The lowest BCUT2D eigenvalue weighted by Gasteiger charge is -2.30. The van der Waals surface area contributed by atoms with Gasteiger partial charge in [-0.3, -0.25) is 4.79 Å². The van der Waals surface area contributed by atoms with E-state index in [0.29, 0.717) is 22.2 Å². The molecule has 0 spiro atoms. The van der Waals surface area contributed by atoms with E-state index in [1.54, 1.807) is 17.0 Å². The first-order valence-electron chi connectivity index (χ1n) is 5.50. The Morgan fingerprint density at radius 3 is 2.94 bits per heavy atom. The molecule has 1 saturated heterocycles. The van der Waals surface area contributed by atoms with Gasteiger partial charge in [-0.05, 0) is 53.6 Å². The Balaban J connectivity index is 2.15. The molecule has 5 heteroatoms. The predicted molar refractivity (Wildman–Crippen MR) is 70.3 cm³/mol. The smallest absolute Gasteiger partial charge is 0.254 e. The summed E-state index contributed by atoms with van der Waals surface area (Å²) in [5.74, 6) is -0.590. The van der Waals surface area contributed by atoms with Gasteiger partial charge in [0, 0.05) is 22.2 Å². The van der Waals surface area contributed by atoms with E-state index in [-0.39, 0.29) is 11.7 Å². The van der Waals surface area contributed by atoms with Crippen molar-refractivity contribution in [2.24, 2.45) is 0 Å². The van der Waals surface area contributed by atoms with Crippen LogP contribution in [0.1, 0.15) is 23.2 Å². The van der Waals surface area contributed by atoms with Crippen LogP contribution in [0.5, 0.6) is 0 Å². The Hall–Kier alpha value is -0.690. The van der Waals surface area contributed by atoms with Crippen LogP contribution >= 0.6 is 22.6 Å². The fourth-order valence-corrected chi connectivity index (χ4v) is 2.29. The first kappa shape index (κ1) is 12.8. The minimum atomic E-state index is -0.457. The van der Waals surface area contributed by atoms with E-state index >= 15 is 0 Å². The van der Waals surface area contributed by atoms with Crippen LogP contribution < -0.4 is 0 Å². The number of hydrogen-bond acceptors (Lipinski definition) is 2. The number of nitrogens with zero attached hydrogens (tertiary/aromatic N) is 1. The normalized spacial score (nSPS) is 20.4. The standard InChI is InChI=1S/C12H13FINO2/c13-10-6-8(3-4-11(10)14)12(17)15-5-1-2-9(16)7-15/h3-4,6,9,16H,1-2,5,7H2/t9-/m0/s1. The summed E-state index contributed by atoms with van der Waals surface area (Å²) in [6, 6.07) is 4.46. The second-order valence-electron chi connectivity index (χ2n) is 4.18. The third kappa shape index (κ3) is 2.95. The van der Waals surface area contributed by atoms with Gasteiger partial charge in [0.05, 0.1) is 6.10 Å². The molecule has 3 nitrogen and oxygen atoms in total. The van der Waals surface area contributed by atoms with E-state index in [1.807, 2.05) is 22.6 Å². The highest BCUT2D eigenvalue weighted by Crippen LogP contribution is 2.17. The molecule has 1 aliphatic heterocycles. The fraction of sp³-hybridized carbons (Fsp3) is 0.417. The summed E-state index contributed by atoms with van der Waals surface area (Å²) in [5, 5.41) is 9.50. The second kappa shape index (κ2) is 5.30. The van der Waals surface area contributed by atoms with Crippen LogP contribution in [-0.2, 0) is 0 Å². The van der Waals surface area contributed by atoms with E-state index in [0.717, 1.165) is 12.8 Å². The summed E-state index contributed by atoms with van der Waals surface area (Å²) in [6.07, 6.45) is 1.06.